The van der Waals surface area contributed by atoms with Gasteiger partial charge in [-0.2, -0.15) is 0 Å². The van der Waals surface area contributed by atoms with Crippen LogP contribution in [-0.4, -0.2) is 68.4 Å². The van der Waals surface area contributed by atoms with Crippen LogP contribution >= 0.6 is 0 Å². The number of carbonyl (C=O) groups is 1. The van der Waals surface area contributed by atoms with Gasteiger partial charge in [-0.15, -0.1) is 0 Å². The molecule has 1 aromatic carbocycles. The van der Waals surface area contributed by atoms with E-state index in [0.29, 0.717) is 25.3 Å². The van der Waals surface area contributed by atoms with E-state index in [4.69, 9.17) is 14.5 Å². The molecule has 3 rings (SSSR count). The minimum absolute atomic E-state index is 0.0483. The van der Waals surface area contributed by atoms with Crippen molar-refractivity contribution in [3.63, 3.8) is 0 Å². The number of aliphatic imine (C=N–C) groups is 1. The van der Waals surface area contributed by atoms with Crippen molar-refractivity contribution in [3.05, 3.63) is 35.4 Å². The molecule has 1 amide bonds. The summed E-state index contributed by atoms with van der Waals surface area (Å²) in [6.07, 6.45) is 2.47. The van der Waals surface area contributed by atoms with Crippen LogP contribution in [0, 0.1) is 0 Å². The Morgan fingerprint density at radius 1 is 1.18 bits per heavy atom. The van der Waals surface area contributed by atoms with Gasteiger partial charge >= 0.3 is 0 Å². The Morgan fingerprint density at radius 3 is 2.75 bits per heavy atom. The monoisotopic (exact) mass is 388 g/mol. The summed E-state index contributed by atoms with van der Waals surface area (Å²) >= 11 is 0. The van der Waals surface area contributed by atoms with Crippen LogP contribution < -0.4 is 10.6 Å². The van der Waals surface area contributed by atoms with E-state index in [1.807, 2.05) is 31.2 Å². The molecule has 7 heteroatoms. The Balaban J connectivity index is 1.66. The number of rotatable bonds is 6. The Hall–Kier alpha value is -2.12. The minimum Gasteiger partial charge on any atom is -0.375 e. The molecule has 2 heterocycles. The molecule has 0 aromatic heterocycles. The molecule has 7 nitrogen and oxygen atoms in total. The van der Waals surface area contributed by atoms with E-state index in [2.05, 4.69) is 22.5 Å². The number of hydrogen-bond donors (Lipinski definition) is 2. The van der Waals surface area contributed by atoms with E-state index in [0.717, 1.165) is 50.6 Å². The average Bonchev–Trinajstić information content (AvgIpc) is 3.26. The van der Waals surface area contributed by atoms with E-state index < -0.39 is 0 Å². The first-order chi connectivity index (χ1) is 13.7. The van der Waals surface area contributed by atoms with Crippen LogP contribution in [0.2, 0.25) is 0 Å². The van der Waals surface area contributed by atoms with Gasteiger partial charge in [-0.1, -0.05) is 12.1 Å². The zero-order valence-electron chi connectivity index (χ0n) is 16.9. The zero-order chi connectivity index (χ0) is 19.8. The van der Waals surface area contributed by atoms with Crippen molar-refractivity contribution < 1.29 is 14.3 Å². The first-order valence-corrected chi connectivity index (χ1v) is 10.3. The molecule has 2 unspecified atom stereocenters. The third kappa shape index (κ3) is 5.45. The summed E-state index contributed by atoms with van der Waals surface area (Å²) in [6, 6.07) is 7.65. The fourth-order valence-electron chi connectivity index (χ4n) is 3.65. The lowest BCUT2D eigenvalue weighted by Gasteiger charge is -2.37. The predicted molar refractivity (Wildman–Crippen MR) is 110 cm³/mol. The molecule has 2 saturated heterocycles. The average molecular weight is 389 g/mol. The minimum atomic E-state index is -0.0483. The highest BCUT2D eigenvalue weighted by Crippen LogP contribution is 2.21. The number of morpholine rings is 1. The topological polar surface area (TPSA) is 75.2 Å². The van der Waals surface area contributed by atoms with Gasteiger partial charge in [-0.05, 0) is 44.4 Å². The molecule has 2 fully saturated rings. The second kappa shape index (κ2) is 10.4. The lowest BCUT2D eigenvalue weighted by Crippen LogP contribution is -2.53. The lowest BCUT2D eigenvalue weighted by molar-refractivity contribution is -0.0817. The SMILES string of the molecule is CCNC(=O)c1cccc(CN=C(NCC)N2CCOC(C3CCCO3)C2)c1. The zero-order valence-corrected chi connectivity index (χ0v) is 16.9. The first-order valence-electron chi connectivity index (χ1n) is 10.3. The van der Waals surface area contributed by atoms with Crippen molar-refractivity contribution in [2.75, 3.05) is 39.4 Å². The van der Waals surface area contributed by atoms with Gasteiger partial charge in [0.15, 0.2) is 5.96 Å². The number of hydrogen-bond acceptors (Lipinski definition) is 4. The van der Waals surface area contributed by atoms with Gasteiger partial charge in [0.2, 0.25) is 0 Å². The summed E-state index contributed by atoms with van der Waals surface area (Å²) in [7, 11) is 0. The van der Waals surface area contributed by atoms with Crippen molar-refractivity contribution in [2.45, 2.75) is 45.4 Å². The van der Waals surface area contributed by atoms with E-state index in [-0.39, 0.29) is 18.1 Å². The molecular formula is C21H32N4O3. The molecule has 0 saturated carbocycles. The van der Waals surface area contributed by atoms with E-state index in [1.165, 1.54) is 0 Å². The number of nitrogens with zero attached hydrogens (tertiary/aromatic N) is 2. The number of guanidine groups is 1. The van der Waals surface area contributed by atoms with Crippen molar-refractivity contribution >= 4 is 11.9 Å². The quantitative estimate of drug-likeness (QED) is 0.574. The summed E-state index contributed by atoms with van der Waals surface area (Å²) in [5.74, 6) is 0.838. The highest BCUT2D eigenvalue weighted by atomic mass is 16.5. The fraction of sp³-hybridized carbons (Fsp3) is 0.619. The van der Waals surface area contributed by atoms with Crippen molar-refractivity contribution in [2.24, 2.45) is 4.99 Å². The predicted octanol–water partition coefficient (Wildman–Crippen LogP) is 1.78. The van der Waals surface area contributed by atoms with Crippen LogP contribution in [0.5, 0.6) is 0 Å². The van der Waals surface area contributed by atoms with E-state index >= 15 is 0 Å². The molecule has 2 N–H and O–H groups in total. The van der Waals surface area contributed by atoms with Gasteiger partial charge < -0.3 is 25.0 Å². The second-order valence-corrected chi connectivity index (χ2v) is 7.14. The maximum Gasteiger partial charge on any atom is 0.251 e. The van der Waals surface area contributed by atoms with E-state index in [1.54, 1.807) is 0 Å². The van der Waals surface area contributed by atoms with Crippen LogP contribution in [0.4, 0.5) is 0 Å². The highest BCUT2D eigenvalue weighted by Gasteiger charge is 2.32. The van der Waals surface area contributed by atoms with E-state index in [9.17, 15) is 4.79 Å². The van der Waals surface area contributed by atoms with Crippen LogP contribution in [0.1, 0.15) is 42.6 Å². The highest BCUT2D eigenvalue weighted by molar-refractivity contribution is 5.94. The lowest BCUT2D eigenvalue weighted by atomic mass is 10.1. The molecule has 28 heavy (non-hydrogen) atoms. The summed E-state index contributed by atoms with van der Waals surface area (Å²) in [6.45, 7) is 9.06. The molecule has 154 valence electrons. The fourth-order valence-corrected chi connectivity index (χ4v) is 3.65. The summed E-state index contributed by atoms with van der Waals surface area (Å²) in [4.78, 5) is 19.1. The Bertz CT molecular complexity index is 673. The van der Waals surface area contributed by atoms with Crippen molar-refractivity contribution in [1.29, 1.82) is 0 Å². The number of benzene rings is 1. The first kappa shape index (κ1) is 20.6. The molecule has 1 aromatic rings. The van der Waals surface area contributed by atoms with Crippen molar-refractivity contribution in [3.8, 4) is 0 Å². The molecule has 0 spiro atoms. The van der Waals surface area contributed by atoms with Gasteiger partial charge in [0, 0.05) is 38.3 Å². The van der Waals surface area contributed by atoms with Gasteiger partial charge in [0.25, 0.3) is 5.91 Å². The Kier molecular flexibility index (Phi) is 7.68. The summed E-state index contributed by atoms with van der Waals surface area (Å²) < 4.78 is 11.8. The van der Waals surface area contributed by atoms with Crippen molar-refractivity contribution in [1.82, 2.24) is 15.5 Å². The van der Waals surface area contributed by atoms with Crippen LogP contribution in [-0.2, 0) is 16.0 Å². The third-order valence-electron chi connectivity index (χ3n) is 5.05. The normalized spacial score (nSPS) is 22.9. The molecule has 0 aliphatic carbocycles. The largest absolute Gasteiger partial charge is 0.375 e. The van der Waals surface area contributed by atoms with Crippen LogP contribution in [0.3, 0.4) is 0 Å². The van der Waals surface area contributed by atoms with Gasteiger partial charge in [-0.25, -0.2) is 4.99 Å². The summed E-state index contributed by atoms with van der Waals surface area (Å²) in [5, 5.41) is 6.23. The molecule has 2 aliphatic heterocycles. The molecule has 2 atom stereocenters. The number of carbonyl (C=O) groups excluding carboxylic acids is 1. The molecule has 0 bridgehead atoms. The third-order valence-corrected chi connectivity index (χ3v) is 5.05. The number of nitrogens with one attached hydrogen (secondary N) is 2. The van der Waals surface area contributed by atoms with Gasteiger partial charge in [-0.3, -0.25) is 4.79 Å². The number of ether oxygens (including phenoxy) is 2. The maximum absolute atomic E-state index is 12.1. The molecule has 0 radical (unpaired) electrons. The smallest absolute Gasteiger partial charge is 0.251 e. The second-order valence-electron chi connectivity index (χ2n) is 7.14. The summed E-state index contributed by atoms with van der Waals surface area (Å²) in [5.41, 5.74) is 1.69. The van der Waals surface area contributed by atoms with Gasteiger partial charge in [0.05, 0.1) is 19.3 Å². The standard InChI is InChI=1S/C21H32N4O3/c1-3-22-20(26)17-8-5-7-16(13-17)14-24-21(23-4-2)25-10-12-28-19(15-25)18-9-6-11-27-18/h5,7-8,13,18-19H,3-4,6,9-12,14-15H2,1-2H3,(H,22,26)(H,23,24). The number of amides is 1. The Labute approximate surface area is 167 Å². The molecular weight excluding hydrogens is 356 g/mol. The van der Waals surface area contributed by atoms with Crippen LogP contribution in [0.25, 0.3) is 0 Å². The van der Waals surface area contributed by atoms with Gasteiger partial charge in [0.1, 0.15) is 6.10 Å². The maximum atomic E-state index is 12.1. The molecule has 2 aliphatic rings. The van der Waals surface area contributed by atoms with Crippen LogP contribution in [0.15, 0.2) is 29.3 Å². The Morgan fingerprint density at radius 2 is 2.00 bits per heavy atom.